The molecule has 0 spiro atoms. The Morgan fingerprint density at radius 1 is 1.26 bits per heavy atom. The van der Waals surface area contributed by atoms with Crippen LogP contribution in [0.5, 0.6) is 0 Å². The van der Waals surface area contributed by atoms with E-state index in [0.717, 1.165) is 0 Å². The molecule has 0 aliphatic carbocycles. The first-order chi connectivity index (χ1) is 8.91. The highest BCUT2D eigenvalue weighted by Gasteiger charge is 2.22. The van der Waals surface area contributed by atoms with Crippen LogP contribution >= 0.6 is 0 Å². The maximum atomic E-state index is 13.4. The number of nitrogens with one attached hydrogen (secondary N) is 2. The fraction of sp³-hybridized carbons (Fsp3) is 0.429. The second kappa shape index (κ2) is 6.87. The molecule has 4 nitrogen and oxygen atoms in total. The minimum atomic E-state index is -0.607. The van der Waals surface area contributed by atoms with Crippen LogP contribution in [0.1, 0.15) is 26.3 Å². The first-order valence-corrected chi connectivity index (χ1v) is 6.20. The lowest BCUT2D eigenvalue weighted by Crippen LogP contribution is -2.48. The van der Waals surface area contributed by atoms with Gasteiger partial charge in [0, 0.05) is 19.0 Å². The topological polar surface area (TPSA) is 58.2 Å². The minimum Gasteiger partial charge on any atom is -0.350 e. The summed E-state index contributed by atoms with van der Waals surface area (Å²) in [5.41, 5.74) is 0.418. The lowest BCUT2D eigenvalue weighted by molar-refractivity contribution is -0.129. The van der Waals surface area contributed by atoms with Crippen LogP contribution in [0.2, 0.25) is 0 Å². The number of rotatable bonds is 5. The molecule has 0 saturated heterocycles. The van der Waals surface area contributed by atoms with Gasteiger partial charge in [0.15, 0.2) is 0 Å². The van der Waals surface area contributed by atoms with E-state index < -0.39 is 6.04 Å². The standard InChI is InChI=1S/C14H19FN2O2/c1-9(2)13(17-10(3)18)14(19)16-8-11-6-4-5-7-12(11)15/h4-7,9,13H,8H2,1-3H3,(H,16,19)(H,17,18). The van der Waals surface area contributed by atoms with Crippen LogP contribution in [-0.4, -0.2) is 17.9 Å². The van der Waals surface area contributed by atoms with Crippen molar-refractivity contribution in [3.8, 4) is 0 Å². The second-order valence-electron chi connectivity index (χ2n) is 4.73. The zero-order valence-electron chi connectivity index (χ0n) is 11.4. The van der Waals surface area contributed by atoms with Crippen LogP contribution in [0, 0.1) is 11.7 Å². The summed E-state index contributed by atoms with van der Waals surface area (Å²) in [7, 11) is 0. The maximum absolute atomic E-state index is 13.4. The van der Waals surface area contributed by atoms with Gasteiger partial charge in [0.25, 0.3) is 0 Å². The number of amides is 2. The highest BCUT2D eigenvalue weighted by Crippen LogP contribution is 2.07. The molecule has 0 saturated carbocycles. The lowest BCUT2D eigenvalue weighted by atomic mass is 10.0. The van der Waals surface area contributed by atoms with Gasteiger partial charge in [-0.25, -0.2) is 4.39 Å². The van der Waals surface area contributed by atoms with Crippen molar-refractivity contribution in [2.45, 2.75) is 33.4 Å². The predicted molar refractivity (Wildman–Crippen MR) is 70.7 cm³/mol. The number of benzene rings is 1. The van der Waals surface area contributed by atoms with Crippen molar-refractivity contribution in [2.24, 2.45) is 5.92 Å². The van der Waals surface area contributed by atoms with Crippen molar-refractivity contribution in [2.75, 3.05) is 0 Å². The van der Waals surface area contributed by atoms with E-state index in [9.17, 15) is 14.0 Å². The van der Waals surface area contributed by atoms with Gasteiger partial charge < -0.3 is 10.6 Å². The molecule has 5 heteroatoms. The third-order valence-electron chi connectivity index (χ3n) is 2.72. The molecule has 0 fully saturated rings. The van der Waals surface area contributed by atoms with Gasteiger partial charge in [-0.15, -0.1) is 0 Å². The largest absolute Gasteiger partial charge is 0.350 e. The molecule has 1 aromatic carbocycles. The van der Waals surface area contributed by atoms with Gasteiger partial charge in [0.1, 0.15) is 11.9 Å². The van der Waals surface area contributed by atoms with E-state index >= 15 is 0 Å². The Hall–Kier alpha value is -1.91. The molecule has 1 rings (SSSR count). The van der Waals surface area contributed by atoms with E-state index in [0.29, 0.717) is 5.56 Å². The number of hydrogen-bond donors (Lipinski definition) is 2. The van der Waals surface area contributed by atoms with Crippen molar-refractivity contribution < 1.29 is 14.0 Å². The Morgan fingerprint density at radius 2 is 1.89 bits per heavy atom. The summed E-state index contributed by atoms with van der Waals surface area (Å²) < 4.78 is 13.4. The summed E-state index contributed by atoms with van der Waals surface area (Å²) in [6, 6.07) is 5.64. The van der Waals surface area contributed by atoms with Crippen molar-refractivity contribution >= 4 is 11.8 Å². The van der Waals surface area contributed by atoms with Gasteiger partial charge in [-0.1, -0.05) is 32.0 Å². The van der Waals surface area contributed by atoms with Gasteiger partial charge in [0.2, 0.25) is 11.8 Å². The SMILES string of the molecule is CC(=O)NC(C(=O)NCc1ccccc1F)C(C)C. The highest BCUT2D eigenvalue weighted by atomic mass is 19.1. The molecule has 104 valence electrons. The van der Waals surface area contributed by atoms with Gasteiger partial charge in [0.05, 0.1) is 0 Å². The molecule has 0 bridgehead atoms. The average Bonchev–Trinajstić information content (AvgIpc) is 2.34. The van der Waals surface area contributed by atoms with Crippen LogP contribution in [0.4, 0.5) is 4.39 Å². The Balaban J connectivity index is 2.63. The Kier molecular flexibility index (Phi) is 5.48. The number of hydrogen-bond acceptors (Lipinski definition) is 2. The zero-order chi connectivity index (χ0) is 14.4. The molecular weight excluding hydrogens is 247 g/mol. The van der Waals surface area contributed by atoms with E-state index in [4.69, 9.17) is 0 Å². The van der Waals surface area contributed by atoms with Gasteiger partial charge in [-0.3, -0.25) is 9.59 Å². The molecule has 19 heavy (non-hydrogen) atoms. The third-order valence-corrected chi connectivity index (χ3v) is 2.72. The van der Waals surface area contributed by atoms with Gasteiger partial charge in [-0.05, 0) is 12.0 Å². The van der Waals surface area contributed by atoms with E-state index in [1.807, 2.05) is 13.8 Å². The first kappa shape index (κ1) is 15.1. The molecule has 0 aliphatic rings. The lowest BCUT2D eigenvalue weighted by Gasteiger charge is -2.21. The van der Waals surface area contributed by atoms with Crippen LogP contribution in [0.15, 0.2) is 24.3 Å². The third kappa shape index (κ3) is 4.69. The minimum absolute atomic E-state index is 0.0375. The normalized spacial score (nSPS) is 12.1. The molecule has 1 atom stereocenters. The fourth-order valence-electron chi connectivity index (χ4n) is 1.69. The molecule has 0 radical (unpaired) electrons. The molecular formula is C14H19FN2O2. The summed E-state index contributed by atoms with van der Waals surface area (Å²) in [6.07, 6.45) is 0. The number of carbonyl (C=O) groups excluding carboxylic acids is 2. The van der Waals surface area contributed by atoms with Crippen molar-refractivity contribution in [3.05, 3.63) is 35.6 Å². The van der Waals surface area contributed by atoms with Gasteiger partial charge >= 0.3 is 0 Å². The molecule has 1 unspecified atom stereocenters. The monoisotopic (exact) mass is 266 g/mol. The highest BCUT2D eigenvalue weighted by molar-refractivity contribution is 5.86. The molecule has 0 heterocycles. The van der Waals surface area contributed by atoms with Crippen LogP contribution in [0.3, 0.4) is 0 Å². The summed E-state index contributed by atoms with van der Waals surface area (Å²) >= 11 is 0. The Labute approximate surface area is 112 Å². The van der Waals surface area contributed by atoms with Crippen molar-refractivity contribution in [1.29, 1.82) is 0 Å². The average molecular weight is 266 g/mol. The maximum Gasteiger partial charge on any atom is 0.243 e. The predicted octanol–water partition coefficient (Wildman–Crippen LogP) is 1.60. The van der Waals surface area contributed by atoms with E-state index in [-0.39, 0.29) is 30.1 Å². The molecule has 2 N–H and O–H groups in total. The molecule has 1 aromatic rings. The van der Waals surface area contributed by atoms with E-state index in [1.165, 1.54) is 13.0 Å². The summed E-state index contributed by atoms with van der Waals surface area (Å²) in [6.45, 7) is 5.14. The quantitative estimate of drug-likeness (QED) is 0.850. The fourth-order valence-corrected chi connectivity index (χ4v) is 1.69. The van der Waals surface area contributed by atoms with Crippen LogP contribution in [-0.2, 0) is 16.1 Å². The summed E-state index contributed by atoms with van der Waals surface area (Å²) in [4.78, 5) is 23.0. The summed E-state index contributed by atoms with van der Waals surface area (Å²) in [5.74, 6) is -0.971. The molecule has 0 aliphatic heterocycles. The Bertz CT molecular complexity index is 461. The first-order valence-electron chi connectivity index (χ1n) is 6.20. The second-order valence-corrected chi connectivity index (χ2v) is 4.73. The van der Waals surface area contributed by atoms with Gasteiger partial charge in [-0.2, -0.15) is 0 Å². The van der Waals surface area contributed by atoms with E-state index in [1.54, 1.807) is 18.2 Å². The molecule has 0 aromatic heterocycles. The number of carbonyl (C=O) groups is 2. The van der Waals surface area contributed by atoms with Crippen LogP contribution in [0.25, 0.3) is 0 Å². The number of halogens is 1. The zero-order valence-corrected chi connectivity index (χ0v) is 11.4. The van der Waals surface area contributed by atoms with E-state index in [2.05, 4.69) is 10.6 Å². The van der Waals surface area contributed by atoms with Crippen molar-refractivity contribution in [1.82, 2.24) is 10.6 Å². The summed E-state index contributed by atoms with van der Waals surface area (Å²) in [5, 5.41) is 5.22. The smallest absolute Gasteiger partial charge is 0.243 e. The van der Waals surface area contributed by atoms with Crippen LogP contribution < -0.4 is 10.6 Å². The van der Waals surface area contributed by atoms with Crippen molar-refractivity contribution in [3.63, 3.8) is 0 Å². The molecule has 2 amide bonds. The Morgan fingerprint density at radius 3 is 2.42 bits per heavy atom.